The molecule has 0 fully saturated rings. The molecule has 0 aromatic carbocycles. The van der Waals surface area contributed by atoms with Crippen molar-refractivity contribution in [2.24, 2.45) is 0 Å². The molecule has 0 bridgehead atoms. The predicted octanol–water partition coefficient (Wildman–Crippen LogP) is 2.66. The number of nitrogens with one attached hydrogen (secondary N) is 1. The summed E-state index contributed by atoms with van der Waals surface area (Å²) in [6.07, 6.45) is 2.78. The minimum absolute atomic E-state index is 0.727. The molecule has 0 aliphatic heterocycles. The number of nitrogens with zero attached hydrogens (tertiary/aromatic N) is 2. The van der Waals surface area contributed by atoms with Crippen LogP contribution in [0.2, 0.25) is 0 Å². The molecule has 0 atom stereocenters. The lowest BCUT2D eigenvalue weighted by atomic mass is 10.3. The van der Waals surface area contributed by atoms with Gasteiger partial charge in [-0.05, 0) is 36.2 Å². The molecule has 0 amide bonds. The highest BCUT2D eigenvalue weighted by Gasteiger charge is 2.10. The first kappa shape index (κ1) is 15.4. The molecule has 4 nitrogen and oxygen atoms in total. The normalized spacial score (nSPS) is 10.8. The second-order valence-electron chi connectivity index (χ2n) is 4.03. The van der Waals surface area contributed by atoms with Crippen LogP contribution in [0.1, 0.15) is 24.7 Å². The van der Waals surface area contributed by atoms with E-state index in [1.165, 1.54) is 5.69 Å². The highest BCUT2D eigenvalue weighted by atomic mass is 79.9. The first-order chi connectivity index (χ1) is 8.70. The summed E-state index contributed by atoms with van der Waals surface area (Å²) in [5.74, 6) is 0. The van der Waals surface area contributed by atoms with Gasteiger partial charge in [0, 0.05) is 19.6 Å². The molecule has 1 rings (SSSR count). The molecule has 1 aromatic rings. The van der Waals surface area contributed by atoms with Crippen LogP contribution in [0.25, 0.3) is 0 Å². The highest BCUT2D eigenvalue weighted by Crippen LogP contribution is 2.20. The second kappa shape index (κ2) is 8.45. The van der Waals surface area contributed by atoms with Crippen molar-refractivity contribution in [2.75, 3.05) is 19.8 Å². The van der Waals surface area contributed by atoms with E-state index in [9.17, 15) is 0 Å². The van der Waals surface area contributed by atoms with Crippen LogP contribution in [0, 0.1) is 6.92 Å². The van der Waals surface area contributed by atoms with Crippen molar-refractivity contribution in [3.8, 4) is 0 Å². The third kappa shape index (κ3) is 4.55. The first-order valence-corrected chi connectivity index (χ1v) is 7.11. The van der Waals surface area contributed by atoms with E-state index in [2.05, 4.69) is 39.8 Å². The Bertz CT molecular complexity index is 377. The van der Waals surface area contributed by atoms with Gasteiger partial charge in [0.15, 0.2) is 0 Å². The lowest BCUT2D eigenvalue weighted by Gasteiger charge is -2.08. The summed E-state index contributed by atoms with van der Waals surface area (Å²) in [6.45, 7) is 11.8. The van der Waals surface area contributed by atoms with Gasteiger partial charge >= 0.3 is 0 Å². The van der Waals surface area contributed by atoms with E-state index in [1.807, 2.05) is 17.7 Å². The molecule has 0 radical (unpaired) electrons. The molecular weight excluding hydrogens is 294 g/mol. The van der Waals surface area contributed by atoms with E-state index < -0.39 is 0 Å². The zero-order chi connectivity index (χ0) is 13.4. The summed E-state index contributed by atoms with van der Waals surface area (Å²) in [7, 11) is 0. The molecule has 0 saturated heterocycles. The van der Waals surface area contributed by atoms with Crippen molar-refractivity contribution in [3.05, 3.63) is 28.5 Å². The zero-order valence-electron chi connectivity index (χ0n) is 11.2. The van der Waals surface area contributed by atoms with Gasteiger partial charge in [-0.25, -0.2) is 0 Å². The summed E-state index contributed by atoms with van der Waals surface area (Å²) in [5, 5.41) is 7.82. The third-order valence-corrected chi connectivity index (χ3v) is 3.67. The van der Waals surface area contributed by atoms with Crippen LogP contribution in [0.5, 0.6) is 0 Å². The van der Waals surface area contributed by atoms with E-state index in [1.54, 1.807) is 0 Å². The molecule has 102 valence electrons. The van der Waals surface area contributed by atoms with Gasteiger partial charge in [-0.2, -0.15) is 5.10 Å². The molecule has 1 N–H and O–H groups in total. The van der Waals surface area contributed by atoms with E-state index in [-0.39, 0.29) is 0 Å². The average molecular weight is 316 g/mol. The topological polar surface area (TPSA) is 39.1 Å². The Morgan fingerprint density at radius 2 is 2.28 bits per heavy atom. The van der Waals surface area contributed by atoms with Crippen LogP contribution in [0.4, 0.5) is 0 Å². The minimum atomic E-state index is 0.727. The summed E-state index contributed by atoms with van der Waals surface area (Å²) < 4.78 is 8.56. The number of halogens is 1. The van der Waals surface area contributed by atoms with Crippen LogP contribution in [-0.2, 0) is 17.8 Å². The number of hydrogen-bond donors (Lipinski definition) is 1. The average Bonchev–Trinajstić information content (AvgIpc) is 2.65. The van der Waals surface area contributed by atoms with Gasteiger partial charge in [-0.15, -0.1) is 6.58 Å². The maximum atomic E-state index is 5.44. The Kier molecular flexibility index (Phi) is 7.23. The summed E-state index contributed by atoms with van der Waals surface area (Å²) in [5.41, 5.74) is 2.23. The molecule has 0 saturated carbocycles. The zero-order valence-corrected chi connectivity index (χ0v) is 12.8. The quantitative estimate of drug-likeness (QED) is 0.562. The molecule has 18 heavy (non-hydrogen) atoms. The van der Waals surface area contributed by atoms with Crippen LogP contribution >= 0.6 is 15.9 Å². The Morgan fingerprint density at radius 3 is 2.94 bits per heavy atom. The Balaban J connectivity index is 2.28. The lowest BCUT2D eigenvalue weighted by Crippen LogP contribution is -2.21. The number of ether oxygens (including phenoxy) is 1. The van der Waals surface area contributed by atoms with Gasteiger partial charge in [0.05, 0.1) is 29.1 Å². The standard InChI is InChI=1S/C13H22BrN3O/c1-4-6-8-18-9-7-15-10-12-13(14)11(3)16-17(12)5-2/h4,15H,1,5-10H2,2-3H3. The van der Waals surface area contributed by atoms with Crippen LogP contribution < -0.4 is 5.32 Å². The lowest BCUT2D eigenvalue weighted by molar-refractivity contribution is 0.140. The monoisotopic (exact) mass is 315 g/mol. The largest absolute Gasteiger partial charge is 0.380 e. The first-order valence-electron chi connectivity index (χ1n) is 6.31. The van der Waals surface area contributed by atoms with Crippen LogP contribution in [0.15, 0.2) is 17.1 Å². The fraction of sp³-hybridized carbons (Fsp3) is 0.615. The summed E-state index contributed by atoms with van der Waals surface area (Å²) >= 11 is 3.58. The molecule has 5 heteroatoms. The van der Waals surface area contributed by atoms with E-state index >= 15 is 0 Å². The maximum Gasteiger partial charge on any atom is 0.0739 e. The fourth-order valence-electron chi connectivity index (χ4n) is 1.66. The van der Waals surface area contributed by atoms with Gasteiger partial charge in [0.2, 0.25) is 0 Å². The Labute approximate surface area is 118 Å². The Hall–Kier alpha value is -0.650. The van der Waals surface area contributed by atoms with Gasteiger partial charge < -0.3 is 10.1 Å². The Morgan fingerprint density at radius 1 is 1.50 bits per heavy atom. The SMILES string of the molecule is C=CCCOCCNCc1c(Br)c(C)nn1CC. The van der Waals surface area contributed by atoms with Crippen molar-refractivity contribution in [2.45, 2.75) is 33.4 Å². The summed E-state index contributed by atoms with van der Waals surface area (Å²) in [6, 6.07) is 0. The molecule has 1 aromatic heterocycles. The van der Waals surface area contributed by atoms with E-state index in [0.29, 0.717) is 0 Å². The van der Waals surface area contributed by atoms with Gasteiger partial charge in [0.1, 0.15) is 0 Å². The van der Waals surface area contributed by atoms with Crippen molar-refractivity contribution >= 4 is 15.9 Å². The molecule has 0 aliphatic rings. The van der Waals surface area contributed by atoms with Gasteiger partial charge in [-0.3, -0.25) is 4.68 Å². The molecule has 0 aliphatic carbocycles. The summed E-state index contributed by atoms with van der Waals surface area (Å²) in [4.78, 5) is 0. The smallest absolute Gasteiger partial charge is 0.0739 e. The van der Waals surface area contributed by atoms with E-state index in [4.69, 9.17) is 4.74 Å². The molecule has 1 heterocycles. The fourth-order valence-corrected chi connectivity index (χ4v) is 2.08. The highest BCUT2D eigenvalue weighted by molar-refractivity contribution is 9.10. The molecule has 0 spiro atoms. The predicted molar refractivity (Wildman–Crippen MR) is 77.7 cm³/mol. The maximum absolute atomic E-state index is 5.44. The number of rotatable bonds is 9. The molecule has 0 unspecified atom stereocenters. The number of hydrogen-bond acceptors (Lipinski definition) is 3. The van der Waals surface area contributed by atoms with Crippen molar-refractivity contribution < 1.29 is 4.74 Å². The van der Waals surface area contributed by atoms with Crippen molar-refractivity contribution in [1.29, 1.82) is 0 Å². The second-order valence-corrected chi connectivity index (χ2v) is 4.82. The third-order valence-electron chi connectivity index (χ3n) is 2.63. The number of aryl methyl sites for hydroxylation is 2. The van der Waals surface area contributed by atoms with Crippen LogP contribution in [-0.4, -0.2) is 29.5 Å². The molecular formula is C13H22BrN3O. The van der Waals surface area contributed by atoms with Crippen LogP contribution in [0.3, 0.4) is 0 Å². The van der Waals surface area contributed by atoms with Gasteiger partial charge in [-0.1, -0.05) is 6.08 Å². The van der Waals surface area contributed by atoms with E-state index in [0.717, 1.165) is 49.4 Å². The van der Waals surface area contributed by atoms with Crippen molar-refractivity contribution in [3.63, 3.8) is 0 Å². The van der Waals surface area contributed by atoms with Gasteiger partial charge in [0.25, 0.3) is 0 Å². The number of aromatic nitrogens is 2. The minimum Gasteiger partial charge on any atom is -0.380 e. The van der Waals surface area contributed by atoms with Crippen molar-refractivity contribution in [1.82, 2.24) is 15.1 Å².